The van der Waals surface area contributed by atoms with Crippen LogP contribution in [0.3, 0.4) is 0 Å². The molecule has 1 rings (SSSR count). The van der Waals surface area contributed by atoms with E-state index in [2.05, 4.69) is 39.6 Å². The molecule has 1 saturated carbocycles. The lowest BCUT2D eigenvalue weighted by Crippen LogP contribution is -2.51. The first kappa shape index (κ1) is 14.0. The van der Waals surface area contributed by atoms with Gasteiger partial charge in [0.2, 0.25) is 0 Å². The first-order valence-corrected chi connectivity index (χ1v) is 6.82. The van der Waals surface area contributed by atoms with E-state index >= 15 is 0 Å². The van der Waals surface area contributed by atoms with E-state index in [-0.39, 0.29) is 0 Å². The lowest BCUT2D eigenvalue weighted by Gasteiger charge is -2.44. The predicted octanol–water partition coefficient (Wildman–Crippen LogP) is 2.87. The topological polar surface area (TPSA) is 29.3 Å². The van der Waals surface area contributed by atoms with Gasteiger partial charge in [0.1, 0.15) is 0 Å². The van der Waals surface area contributed by atoms with Crippen molar-refractivity contribution in [2.45, 2.75) is 65.5 Å². The molecular formula is C14H30N2. The van der Waals surface area contributed by atoms with Crippen LogP contribution in [-0.4, -0.2) is 30.6 Å². The van der Waals surface area contributed by atoms with Gasteiger partial charge >= 0.3 is 0 Å². The molecule has 3 atom stereocenters. The summed E-state index contributed by atoms with van der Waals surface area (Å²) >= 11 is 0. The lowest BCUT2D eigenvalue weighted by molar-refractivity contribution is 0.0843. The van der Waals surface area contributed by atoms with Gasteiger partial charge in [-0.15, -0.1) is 0 Å². The van der Waals surface area contributed by atoms with Crippen LogP contribution in [0.5, 0.6) is 0 Å². The van der Waals surface area contributed by atoms with Crippen LogP contribution < -0.4 is 5.73 Å². The number of nitrogens with two attached hydrogens (primary N) is 1. The summed E-state index contributed by atoms with van der Waals surface area (Å²) in [7, 11) is 2.24. The maximum absolute atomic E-state index is 6.27. The van der Waals surface area contributed by atoms with E-state index in [0.29, 0.717) is 17.5 Å². The summed E-state index contributed by atoms with van der Waals surface area (Å²) in [6.45, 7) is 10.5. The van der Waals surface area contributed by atoms with Gasteiger partial charge in [-0.2, -0.15) is 0 Å². The van der Waals surface area contributed by atoms with Crippen molar-refractivity contribution in [3.05, 3.63) is 0 Å². The molecule has 2 heteroatoms. The Bertz CT molecular complexity index is 207. The van der Waals surface area contributed by atoms with Crippen molar-refractivity contribution in [1.29, 1.82) is 0 Å². The number of likely N-dealkylation sites (N-methyl/N-ethyl adjacent to an activating group) is 1. The molecule has 0 aromatic rings. The van der Waals surface area contributed by atoms with Gasteiger partial charge in [0.05, 0.1) is 0 Å². The SMILES string of the molecule is CCCN(C)C1CC(C(C)(C)C)CCC1N. The first-order valence-electron chi connectivity index (χ1n) is 6.82. The fourth-order valence-electron chi connectivity index (χ4n) is 2.98. The molecule has 0 aromatic heterocycles. The van der Waals surface area contributed by atoms with E-state index in [1.807, 2.05) is 0 Å². The second-order valence-electron chi connectivity index (χ2n) is 6.59. The Kier molecular flexibility index (Phi) is 4.81. The average molecular weight is 226 g/mol. The van der Waals surface area contributed by atoms with E-state index in [1.54, 1.807) is 0 Å². The molecule has 0 amide bonds. The molecular weight excluding hydrogens is 196 g/mol. The molecule has 0 radical (unpaired) electrons. The first-order chi connectivity index (χ1) is 7.36. The van der Waals surface area contributed by atoms with Crippen molar-refractivity contribution in [3.8, 4) is 0 Å². The highest BCUT2D eigenvalue weighted by atomic mass is 15.1. The third kappa shape index (κ3) is 3.46. The summed E-state index contributed by atoms with van der Waals surface area (Å²) in [6, 6.07) is 0.980. The molecule has 2 N–H and O–H groups in total. The summed E-state index contributed by atoms with van der Waals surface area (Å²) in [5.74, 6) is 0.830. The van der Waals surface area contributed by atoms with Crippen molar-refractivity contribution in [2.75, 3.05) is 13.6 Å². The third-order valence-electron chi connectivity index (χ3n) is 4.24. The fourth-order valence-corrected chi connectivity index (χ4v) is 2.98. The van der Waals surface area contributed by atoms with Crippen molar-refractivity contribution in [2.24, 2.45) is 17.1 Å². The Hall–Kier alpha value is -0.0800. The van der Waals surface area contributed by atoms with Crippen LogP contribution in [0.1, 0.15) is 53.4 Å². The Labute approximate surface area is 102 Å². The van der Waals surface area contributed by atoms with Crippen molar-refractivity contribution >= 4 is 0 Å². The van der Waals surface area contributed by atoms with Gasteiger partial charge in [0, 0.05) is 12.1 Å². The van der Waals surface area contributed by atoms with Crippen molar-refractivity contribution in [3.63, 3.8) is 0 Å². The smallest absolute Gasteiger partial charge is 0.0246 e. The molecule has 96 valence electrons. The molecule has 2 nitrogen and oxygen atoms in total. The Morgan fingerprint density at radius 2 is 1.88 bits per heavy atom. The van der Waals surface area contributed by atoms with Gasteiger partial charge in [0.15, 0.2) is 0 Å². The summed E-state index contributed by atoms with van der Waals surface area (Å²) in [6.07, 6.45) is 5.00. The molecule has 1 fully saturated rings. The standard InChI is InChI=1S/C14H30N2/c1-6-9-16(5)13-10-11(14(2,3)4)7-8-12(13)15/h11-13H,6-10,15H2,1-5H3. The van der Waals surface area contributed by atoms with Crippen LogP contribution in [0, 0.1) is 11.3 Å². The highest BCUT2D eigenvalue weighted by Crippen LogP contribution is 2.38. The lowest BCUT2D eigenvalue weighted by atomic mass is 9.69. The average Bonchev–Trinajstić information content (AvgIpc) is 2.16. The van der Waals surface area contributed by atoms with Gasteiger partial charge in [-0.25, -0.2) is 0 Å². The summed E-state index contributed by atoms with van der Waals surface area (Å²) < 4.78 is 0. The molecule has 3 unspecified atom stereocenters. The largest absolute Gasteiger partial charge is 0.326 e. The van der Waals surface area contributed by atoms with Gasteiger partial charge in [-0.3, -0.25) is 0 Å². The van der Waals surface area contributed by atoms with Crippen LogP contribution in [0.15, 0.2) is 0 Å². The minimum atomic E-state index is 0.384. The van der Waals surface area contributed by atoms with Crippen LogP contribution in [0.2, 0.25) is 0 Å². The highest BCUT2D eigenvalue weighted by Gasteiger charge is 2.35. The number of nitrogens with zero attached hydrogens (tertiary/aromatic N) is 1. The molecule has 0 spiro atoms. The molecule has 0 aliphatic heterocycles. The normalized spacial score (nSPS) is 32.1. The highest BCUT2D eigenvalue weighted by molar-refractivity contribution is 4.91. The molecule has 0 saturated heterocycles. The summed E-state index contributed by atoms with van der Waals surface area (Å²) in [4.78, 5) is 2.47. The Balaban J connectivity index is 2.61. The van der Waals surface area contributed by atoms with E-state index in [9.17, 15) is 0 Å². The summed E-state index contributed by atoms with van der Waals surface area (Å²) in [5, 5.41) is 0. The number of rotatable bonds is 3. The van der Waals surface area contributed by atoms with Gasteiger partial charge in [-0.05, 0) is 50.6 Å². The third-order valence-corrected chi connectivity index (χ3v) is 4.24. The van der Waals surface area contributed by atoms with Gasteiger partial charge in [0.25, 0.3) is 0 Å². The van der Waals surface area contributed by atoms with Crippen molar-refractivity contribution < 1.29 is 0 Å². The van der Waals surface area contributed by atoms with Crippen LogP contribution >= 0.6 is 0 Å². The quantitative estimate of drug-likeness (QED) is 0.802. The van der Waals surface area contributed by atoms with Gasteiger partial charge < -0.3 is 10.6 Å². The maximum atomic E-state index is 6.27. The van der Waals surface area contributed by atoms with E-state index in [0.717, 1.165) is 5.92 Å². The van der Waals surface area contributed by atoms with E-state index in [1.165, 1.54) is 32.2 Å². The second-order valence-corrected chi connectivity index (χ2v) is 6.59. The molecule has 1 aliphatic carbocycles. The van der Waals surface area contributed by atoms with Crippen LogP contribution in [-0.2, 0) is 0 Å². The van der Waals surface area contributed by atoms with Crippen LogP contribution in [0.25, 0.3) is 0 Å². The molecule has 0 aromatic carbocycles. The van der Waals surface area contributed by atoms with E-state index < -0.39 is 0 Å². The Morgan fingerprint density at radius 3 is 2.38 bits per heavy atom. The zero-order chi connectivity index (χ0) is 12.3. The van der Waals surface area contributed by atoms with Crippen molar-refractivity contribution in [1.82, 2.24) is 4.90 Å². The molecule has 0 heterocycles. The monoisotopic (exact) mass is 226 g/mol. The Morgan fingerprint density at radius 1 is 1.25 bits per heavy atom. The zero-order valence-electron chi connectivity index (χ0n) is 11.8. The molecule has 0 bridgehead atoms. The minimum absolute atomic E-state index is 0.384. The molecule has 1 aliphatic rings. The summed E-state index contributed by atoms with van der Waals surface area (Å²) in [5.41, 5.74) is 6.71. The zero-order valence-corrected chi connectivity index (χ0v) is 11.8. The van der Waals surface area contributed by atoms with Crippen LogP contribution in [0.4, 0.5) is 0 Å². The minimum Gasteiger partial charge on any atom is -0.326 e. The maximum Gasteiger partial charge on any atom is 0.0246 e. The predicted molar refractivity (Wildman–Crippen MR) is 71.5 cm³/mol. The fraction of sp³-hybridized carbons (Fsp3) is 1.00. The second kappa shape index (κ2) is 5.50. The number of hydrogen-bond acceptors (Lipinski definition) is 2. The van der Waals surface area contributed by atoms with E-state index in [4.69, 9.17) is 5.73 Å². The molecule has 16 heavy (non-hydrogen) atoms. The number of hydrogen-bond donors (Lipinski definition) is 1. The van der Waals surface area contributed by atoms with Gasteiger partial charge in [-0.1, -0.05) is 27.7 Å².